The molecule has 3 heterocycles. The highest BCUT2D eigenvalue weighted by molar-refractivity contribution is 7.09. The van der Waals surface area contributed by atoms with Crippen molar-refractivity contribution in [1.82, 2.24) is 24.5 Å². The predicted octanol–water partition coefficient (Wildman–Crippen LogP) is 5.61. The Kier molecular flexibility index (Phi) is 6.46. The number of carbonyl (C=O) groups excluding carboxylic acids is 1. The minimum absolute atomic E-state index is 0.0490. The SMILES string of the molecule is Cc1ccc(-c2cc(C(=O)CCc3ncc(C)cn3)cc(-c3snnc3C(C)C)c2)nc1. The molecule has 0 aliphatic carbocycles. The number of aromatic nitrogens is 5. The molecule has 3 aromatic heterocycles. The molecule has 0 radical (unpaired) electrons. The van der Waals surface area contributed by atoms with Gasteiger partial charge in [0.1, 0.15) is 5.82 Å². The summed E-state index contributed by atoms with van der Waals surface area (Å²) in [5.41, 5.74) is 6.36. The van der Waals surface area contributed by atoms with Crippen LogP contribution < -0.4 is 0 Å². The van der Waals surface area contributed by atoms with Crippen LogP contribution in [0.25, 0.3) is 21.7 Å². The van der Waals surface area contributed by atoms with E-state index in [1.165, 1.54) is 11.5 Å². The van der Waals surface area contributed by atoms with Gasteiger partial charge in [0.25, 0.3) is 0 Å². The van der Waals surface area contributed by atoms with Gasteiger partial charge in [-0.2, -0.15) is 0 Å². The number of carbonyl (C=O) groups is 1. The summed E-state index contributed by atoms with van der Waals surface area (Å²) >= 11 is 1.36. The van der Waals surface area contributed by atoms with Gasteiger partial charge in [-0.1, -0.05) is 24.4 Å². The molecule has 32 heavy (non-hydrogen) atoms. The minimum atomic E-state index is 0.0490. The molecule has 0 unspecified atom stereocenters. The van der Waals surface area contributed by atoms with E-state index in [2.05, 4.69) is 44.5 Å². The van der Waals surface area contributed by atoms with Gasteiger partial charge in [-0.25, -0.2) is 9.97 Å². The summed E-state index contributed by atoms with van der Waals surface area (Å²) < 4.78 is 4.17. The summed E-state index contributed by atoms with van der Waals surface area (Å²) in [6.45, 7) is 8.15. The predicted molar refractivity (Wildman–Crippen MR) is 127 cm³/mol. The molecule has 6 nitrogen and oxygen atoms in total. The zero-order chi connectivity index (χ0) is 22.7. The van der Waals surface area contributed by atoms with E-state index in [9.17, 15) is 4.79 Å². The third-order valence-electron chi connectivity index (χ3n) is 5.19. The molecule has 162 valence electrons. The second-order valence-electron chi connectivity index (χ2n) is 8.26. The fraction of sp³-hybridized carbons (Fsp3) is 0.280. The van der Waals surface area contributed by atoms with Crippen LogP contribution in [0.3, 0.4) is 0 Å². The number of hydrogen-bond acceptors (Lipinski definition) is 7. The molecular formula is C25H25N5OS. The molecule has 4 rings (SSSR count). The monoisotopic (exact) mass is 443 g/mol. The van der Waals surface area contributed by atoms with Crippen LogP contribution in [0.5, 0.6) is 0 Å². The standard InChI is InChI=1S/C25H25N5OS/c1-15(2)24-25(32-30-29-24)20-10-18(21-6-5-16(3)12-26-21)9-19(11-20)22(31)7-8-23-27-13-17(4)14-28-23/h5-6,9-15H,7-8H2,1-4H3. The second-order valence-corrected chi connectivity index (χ2v) is 9.02. The molecule has 4 aromatic rings. The van der Waals surface area contributed by atoms with Crippen LogP contribution in [0, 0.1) is 13.8 Å². The number of hydrogen-bond donors (Lipinski definition) is 0. The van der Waals surface area contributed by atoms with Gasteiger partial charge in [-0.15, -0.1) is 5.10 Å². The molecule has 0 amide bonds. The van der Waals surface area contributed by atoms with Crippen molar-refractivity contribution >= 4 is 17.3 Å². The Morgan fingerprint density at radius 2 is 1.66 bits per heavy atom. The topological polar surface area (TPSA) is 81.5 Å². The highest BCUT2D eigenvalue weighted by Gasteiger charge is 2.18. The quantitative estimate of drug-likeness (QED) is 0.345. The van der Waals surface area contributed by atoms with Gasteiger partial charge in [0, 0.05) is 42.6 Å². The van der Waals surface area contributed by atoms with Crippen LogP contribution >= 0.6 is 11.5 Å². The van der Waals surface area contributed by atoms with Gasteiger partial charge < -0.3 is 0 Å². The summed E-state index contributed by atoms with van der Waals surface area (Å²) in [6.07, 6.45) is 6.23. The van der Waals surface area contributed by atoms with Crippen LogP contribution in [0.1, 0.15) is 59.2 Å². The van der Waals surface area contributed by atoms with Crippen LogP contribution in [0.4, 0.5) is 0 Å². The number of rotatable bonds is 7. The Morgan fingerprint density at radius 3 is 2.34 bits per heavy atom. The van der Waals surface area contributed by atoms with Gasteiger partial charge in [0.15, 0.2) is 5.78 Å². The maximum absolute atomic E-state index is 13.2. The highest BCUT2D eigenvalue weighted by atomic mass is 32.1. The van der Waals surface area contributed by atoms with Gasteiger partial charge >= 0.3 is 0 Å². The average molecular weight is 444 g/mol. The van der Waals surface area contributed by atoms with E-state index >= 15 is 0 Å². The van der Waals surface area contributed by atoms with E-state index in [0.717, 1.165) is 38.5 Å². The van der Waals surface area contributed by atoms with E-state index < -0.39 is 0 Å². The van der Waals surface area contributed by atoms with Crippen molar-refractivity contribution in [3.63, 3.8) is 0 Å². The average Bonchev–Trinajstić information content (AvgIpc) is 3.29. The molecule has 0 bridgehead atoms. The fourth-order valence-electron chi connectivity index (χ4n) is 3.40. The molecule has 0 aliphatic heterocycles. The number of ketones is 1. The normalized spacial score (nSPS) is 11.2. The lowest BCUT2D eigenvalue weighted by Crippen LogP contribution is -2.05. The first-order chi connectivity index (χ1) is 15.4. The molecule has 0 saturated carbocycles. The maximum Gasteiger partial charge on any atom is 0.163 e. The zero-order valence-electron chi connectivity index (χ0n) is 18.7. The first-order valence-electron chi connectivity index (χ1n) is 10.6. The summed E-state index contributed by atoms with van der Waals surface area (Å²) in [5.74, 6) is 0.963. The number of aryl methyl sites for hydroxylation is 3. The van der Waals surface area contributed by atoms with Crippen molar-refractivity contribution in [2.45, 2.75) is 46.5 Å². The minimum Gasteiger partial charge on any atom is -0.294 e. The lowest BCUT2D eigenvalue weighted by Gasteiger charge is -2.10. The van der Waals surface area contributed by atoms with E-state index in [1.54, 1.807) is 12.4 Å². The van der Waals surface area contributed by atoms with E-state index in [0.29, 0.717) is 24.2 Å². The lowest BCUT2D eigenvalue weighted by atomic mass is 9.96. The Morgan fingerprint density at radius 1 is 0.938 bits per heavy atom. The number of Topliss-reactive ketones (excluding diaryl/α,β-unsaturated/α-hetero) is 1. The third kappa shape index (κ3) is 4.94. The Labute approximate surface area is 192 Å². The van der Waals surface area contributed by atoms with Crippen molar-refractivity contribution in [3.05, 3.63) is 77.1 Å². The largest absolute Gasteiger partial charge is 0.294 e. The summed E-state index contributed by atoms with van der Waals surface area (Å²) in [6, 6.07) is 9.94. The van der Waals surface area contributed by atoms with E-state index in [1.807, 2.05) is 44.3 Å². The third-order valence-corrected chi connectivity index (χ3v) is 5.99. The molecule has 0 aliphatic rings. The summed E-state index contributed by atoms with van der Waals surface area (Å²) in [5, 5.41) is 4.32. The molecule has 0 N–H and O–H groups in total. The van der Waals surface area contributed by atoms with Crippen molar-refractivity contribution in [3.8, 4) is 21.7 Å². The van der Waals surface area contributed by atoms with Crippen LogP contribution in [0.2, 0.25) is 0 Å². The van der Waals surface area contributed by atoms with Gasteiger partial charge in [-0.3, -0.25) is 9.78 Å². The summed E-state index contributed by atoms with van der Waals surface area (Å²) in [7, 11) is 0. The van der Waals surface area contributed by atoms with Crippen molar-refractivity contribution < 1.29 is 4.79 Å². The zero-order valence-corrected chi connectivity index (χ0v) is 19.5. The Bertz CT molecular complexity index is 1230. The Balaban J connectivity index is 1.71. The maximum atomic E-state index is 13.2. The first kappa shape index (κ1) is 21.9. The van der Waals surface area contributed by atoms with Crippen LogP contribution in [-0.4, -0.2) is 30.3 Å². The smallest absolute Gasteiger partial charge is 0.163 e. The second kappa shape index (κ2) is 9.44. The molecule has 0 atom stereocenters. The summed E-state index contributed by atoms with van der Waals surface area (Å²) in [4.78, 5) is 27.4. The number of benzene rings is 1. The molecule has 1 aromatic carbocycles. The van der Waals surface area contributed by atoms with Gasteiger partial charge in [0.05, 0.1) is 16.3 Å². The molecular weight excluding hydrogens is 418 g/mol. The van der Waals surface area contributed by atoms with Crippen molar-refractivity contribution in [2.24, 2.45) is 0 Å². The highest BCUT2D eigenvalue weighted by Crippen LogP contribution is 2.34. The molecule has 0 fully saturated rings. The van der Waals surface area contributed by atoms with Gasteiger partial charge in [0.2, 0.25) is 0 Å². The first-order valence-corrected chi connectivity index (χ1v) is 11.4. The molecule has 0 saturated heterocycles. The van der Waals surface area contributed by atoms with E-state index in [4.69, 9.17) is 0 Å². The van der Waals surface area contributed by atoms with Crippen molar-refractivity contribution in [1.29, 1.82) is 0 Å². The van der Waals surface area contributed by atoms with E-state index in [-0.39, 0.29) is 11.7 Å². The van der Waals surface area contributed by atoms with Crippen LogP contribution in [0.15, 0.2) is 48.9 Å². The molecule has 0 spiro atoms. The lowest BCUT2D eigenvalue weighted by molar-refractivity contribution is 0.0982. The number of pyridine rings is 1. The molecule has 7 heteroatoms. The number of nitrogens with zero attached hydrogens (tertiary/aromatic N) is 5. The fourth-order valence-corrected chi connectivity index (χ4v) is 4.20. The van der Waals surface area contributed by atoms with Crippen molar-refractivity contribution in [2.75, 3.05) is 0 Å². The van der Waals surface area contributed by atoms with Crippen LogP contribution in [-0.2, 0) is 6.42 Å². The Hall–Kier alpha value is -3.32. The van der Waals surface area contributed by atoms with Gasteiger partial charge in [-0.05, 0) is 72.3 Å².